The molecule has 0 spiro atoms. The molecule has 0 aromatic heterocycles. The number of aliphatic hydroxyl groups excluding tert-OH is 1. The fraction of sp³-hybridized carbons (Fsp3) is 0.407. The number of ether oxygens (including phenoxy) is 2. The molecule has 0 aliphatic carbocycles. The molecule has 2 N–H and O–H groups in total. The van der Waals surface area contributed by atoms with Gasteiger partial charge in [-0.25, -0.2) is 0 Å². The zero-order valence-corrected chi connectivity index (χ0v) is 20.5. The van der Waals surface area contributed by atoms with E-state index in [1.54, 1.807) is 25.1 Å². The lowest BCUT2D eigenvalue weighted by molar-refractivity contribution is -0.139. The van der Waals surface area contributed by atoms with Gasteiger partial charge in [0.25, 0.3) is 11.7 Å². The average Bonchev–Trinajstić information content (AvgIpc) is 3.05. The summed E-state index contributed by atoms with van der Waals surface area (Å²) in [5, 5.41) is 21.6. The Labute approximate surface area is 200 Å². The molecular formula is C27H33NO6. The first kappa shape index (κ1) is 25.1. The smallest absolute Gasteiger partial charge is 0.295 e. The molecular weight excluding hydrogens is 434 g/mol. The van der Waals surface area contributed by atoms with E-state index >= 15 is 0 Å². The van der Waals surface area contributed by atoms with Crippen LogP contribution in [0.2, 0.25) is 0 Å². The minimum atomic E-state index is -0.817. The molecule has 1 fully saturated rings. The molecule has 2 aromatic rings. The molecule has 7 nitrogen and oxygen atoms in total. The number of carbonyl (C=O) groups is 2. The van der Waals surface area contributed by atoms with Gasteiger partial charge in [-0.3, -0.25) is 9.59 Å². The van der Waals surface area contributed by atoms with Gasteiger partial charge in [0.2, 0.25) is 0 Å². The van der Waals surface area contributed by atoms with E-state index in [1.165, 1.54) is 18.1 Å². The van der Waals surface area contributed by atoms with Gasteiger partial charge in [0.05, 0.1) is 30.9 Å². The molecule has 34 heavy (non-hydrogen) atoms. The highest BCUT2D eigenvalue weighted by atomic mass is 16.5. The maximum Gasteiger partial charge on any atom is 0.295 e. The Kier molecular flexibility index (Phi) is 7.87. The van der Waals surface area contributed by atoms with Crippen molar-refractivity contribution in [1.82, 2.24) is 4.90 Å². The zero-order chi connectivity index (χ0) is 25.0. The summed E-state index contributed by atoms with van der Waals surface area (Å²) >= 11 is 0. The third-order valence-electron chi connectivity index (χ3n) is 6.02. The van der Waals surface area contributed by atoms with Crippen molar-refractivity contribution in [3.05, 3.63) is 58.2 Å². The van der Waals surface area contributed by atoms with E-state index < -0.39 is 17.7 Å². The lowest BCUT2D eigenvalue weighted by Crippen LogP contribution is -2.30. The summed E-state index contributed by atoms with van der Waals surface area (Å²) in [6.45, 7) is 8.32. The van der Waals surface area contributed by atoms with Gasteiger partial charge in [-0.2, -0.15) is 0 Å². The minimum Gasteiger partial charge on any atom is -0.507 e. The van der Waals surface area contributed by atoms with Crippen LogP contribution in [0.3, 0.4) is 0 Å². The van der Waals surface area contributed by atoms with Gasteiger partial charge in [-0.1, -0.05) is 31.9 Å². The van der Waals surface area contributed by atoms with Crippen LogP contribution in [0.25, 0.3) is 5.76 Å². The molecule has 1 aliphatic heterocycles. The van der Waals surface area contributed by atoms with Gasteiger partial charge in [-0.05, 0) is 62.1 Å². The number of aromatic hydroxyl groups is 1. The van der Waals surface area contributed by atoms with Crippen LogP contribution in [0.5, 0.6) is 17.2 Å². The summed E-state index contributed by atoms with van der Waals surface area (Å²) < 4.78 is 11.1. The highest BCUT2D eigenvalue weighted by Gasteiger charge is 2.46. The van der Waals surface area contributed by atoms with Crippen molar-refractivity contribution in [2.45, 2.75) is 53.0 Å². The number of aliphatic hydroxyl groups is 1. The number of ketones is 1. The van der Waals surface area contributed by atoms with Crippen LogP contribution in [0.4, 0.5) is 0 Å². The molecule has 182 valence electrons. The number of nitrogens with zero attached hydrogens (tertiary/aromatic N) is 1. The maximum atomic E-state index is 13.3. The van der Waals surface area contributed by atoms with Crippen LogP contribution in [0, 0.1) is 13.8 Å². The van der Waals surface area contributed by atoms with Gasteiger partial charge in [0.15, 0.2) is 11.5 Å². The lowest BCUT2D eigenvalue weighted by Gasteiger charge is -2.26. The number of methoxy groups -OCH3 is 1. The van der Waals surface area contributed by atoms with E-state index in [-0.39, 0.29) is 22.8 Å². The highest BCUT2D eigenvalue weighted by molar-refractivity contribution is 6.46. The Bertz CT molecular complexity index is 1120. The maximum absolute atomic E-state index is 13.3. The topological polar surface area (TPSA) is 96.3 Å². The Hall–Kier alpha value is -3.48. The SMILES string of the molecule is CCCCCN1C(=O)C(=O)/C(=C(/O)c2cc(C)cc(C)c2OC)C1c1ccc(O)c(OCC)c1. The molecule has 0 bridgehead atoms. The molecule has 0 saturated carbocycles. The lowest BCUT2D eigenvalue weighted by atomic mass is 9.93. The molecule has 2 aromatic carbocycles. The molecule has 1 heterocycles. The Morgan fingerprint density at radius 2 is 1.82 bits per heavy atom. The molecule has 1 atom stereocenters. The van der Waals surface area contributed by atoms with Crippen LogP contribution in [-0.4, -0.2) is 47.1 Å². The Morgan fingerprint density at radius 3 is 2.47 bits per heavy atom. The van der Waals surface area contributed by atoms with Gasteiger partial charge in [0.1, 0.15) is 11.5 Å². The normalized spacial score (nSPS) is 17.3. The van der Waals surface area contributed by atoms with Crippen molar-refractivity contribution >= 4 is 17.4 Å². The van der Waals surface area contributed by atoms with Crippen molar-refractivity contribution in [1.29, 1.82) is 0 Å². The number of likely N-dealkylation sites (tertiary alicyclic amines) is 1. The standard InChI is InChI=1S/C27H33NO6/c1-6-8-9-12-28-23(18-10-11-20(29)21(15-18)34-7-2)22(25(31)27(28)32)24(30)19-14-16(3)13-17(4)26(19)33-5/h10-11,13-15,23,29-30H,6-9,12H2,1-5H3/b24-22+. The number of hydrogen-bond acceptors (Lipinski definition) is 6. The molecule has 1 aliphatic rings. The van der Waals surface area contributed by atoms with Crippen molar-refractivity contribution in [2.75, 3.05) is 20.3 Å². The van der Waals surface area contributed by atoms with E-state index in [2.05, 4.69) is 6.92 Å². The Balaban J connectivity index is 2.25. The number of Topliss-reactive ketones (excluding diaryl/α,β-unsaturated/α-hetero) is 1. The van der Waals surface area contributed by atoms with Crippen LogP contribution < -0.4 is 9.47 Å². The Morgan fingerprint density at radius 1 is 1.09 bits per heavy atom. The number of phenols is 1. The quantitative estimate of drug-likeness (QED) is 0.232. The molecule has 7 heteroatoms. The number of aryl methyl sites for hydroxylation is 2. The van der Waals surface area contributed by atoms with Crippen LogP contribution in [-0.2, 0) is 9.59 Å². The summed E-state index contributed by atoms with van der Waals surface area (Å²) in [6, 6.07) is 7.59. The predicted octanol–water partition coefficient (Wildman–Crippen LogP) is 5.03. The molecule has 0 radical (unpaired) electrons. The van der Waals surface area contributed by atoms with Gasteiger partial charge in [-0.15, -0.1) is 0 Å². The summed E-state index contributed by atoms with van der Waals surface area (Å²) in [4.78, 5) is 27.9. The van der Waals surface area contributed by atoms with Crippen LogP contribution >= 0.6 is 0 Å². The van der Waals surface area contributed by atoms with Crippen molar-refractivity contribution < 1.29 is 29.3 Å². The fourth-order valence-corrected chi connectivity index (χ4v) is 4.51. The number of rotatable bonds is 9. The van der Waals surface area contributed by atoms with Crippen molar-refractivity contribution in [3.63, 3.8) is 0 Å². The minimum absolute atomic E-state index is 0.00191. The molecule has 1 unspecified atom stereocenters. The second-order valence-corrected chi connectivity index (χ2v) is 8.52. The summed E-state index contributed by atoms with van der Waals surface area (Å²) in [5.41, 5.74) is 2.62. The average molecular weight is 468 g/mol. The van der Waals surface area contributed by atoms with E-state index in [9.17, 15) is 19.8 Å². The summed E-state index contributed by atoms with van der Waals surface area (Å²) in [7, 11) is 1.50. The van der Waals surface area contributed by atoms with E-state index in [1.807, 2.05) is 19.9 Å². The highest BCUT2D eigenvalue weighted by Crippen LogP contribution is 2.43. The predicted molar refractivity (Wildman–Crippen MR) is 130 cm³/mol. The van der Waals surface area contributed by atoms with E-state index in [0.29, 0.717) is 30.0 Å². The molecule has 1 saturated heterocycles. The second kappa shape index (κ2) is 10.6. The second-order valence-electron chi connectivity index (χ2n) is 8.52. The number of hydrogen-bond donors (Lipinski definition) is 2. The number of amides is 1. The van der Waals surface area contributed by atoms with E-state index in [4.69, 9.17) is 9.47 Å². The first-order chi connectivity index (χ1) is 16.2. The van der Waals surface area contributed by atoms with Crippen LogP contribution in [0.15, 0.2) is 35.9 Å². The summed E-state index contributed by atoms with van der Waals surface area (Å²) in [5.74, 6) is -1.02. The van der Waals surface area contributed by atoms with E-state index in [0.717, 1.165) is 30.4 Å². The first-order valence-corrected chi connectivity index (χ1v) is 11.6. The number of phenolic OH excluding ortho intramolecular Hbond substituents is 1. The van der Waals surface area contributed by atoms with Gasteiger partial charge >= 0.3 is 0 Å². The number of carbonyl (C=O) groups excluding carboxylic acids is 2. The fourth-order valence-electron chi connectivity index (χ4n) is 4.51. The third kappa shape index (κ3) is 4.74. The van der Waals surface area contributed by atoms with Crippen molar-refractivity contribution in [2.24, 2.45) is 0 Å². The number of benzene rings is 2. The summed E-state index contributed by atoms with van der Waals surface area (Å²) in [6.07, 6.45) is 2.59. The van der Waals surface area contributed by atoms with Crippen LogP contribution in [0.1, 0.15) is 61.4 Å². The zero-order valence-electron chi connectivity index (χ0n) is 20.5. The number of unbranched alkanes of at least 4 members (excludes halogenated alkanes) is 2. The first-order valence-electron chi connectivity index (χ1n) is 11.6. The molecule has 3 rings (SSSR count). The van der Waals surface area contributed by atoms with Crippen molar-refractivity contribution in [3.8, 4) is 17.2 Å². The monoisotopic (exact) mass is 467 g/mol. The third-order valence-corrected chi connectivity index (χ3v) is 6.02. The molecule has 1 amide bonds. The van der Waals surface area contributed by atoms with Gasteiger partial charge in [0, 0.05) is 6.54 Å². The van der Waals surface area contributed by atoms with Gasteiger partial charge < -0.3 is 24.6 Å². The largest absolute Gasteiger partial charge is 0.507 e.